The van der Waals surface area contributed by atoms with Gasteiger partial charge in [-0.25, -0.2) is 0 Å². The van der Waals surface area contributed by atoms with Crippen molar-refractivity contribution in [3.8, 4) is 11.5 Å². The molecule has 1 aromatic heterocycles. The fraction of sp³-hybridized carbons (Fsp3) is 0.286. The number of methoxy groups -OCH3 is 2. The Morgan fingerprint density at radius 2 is 2.00 bits per heavy atom. The molecule has 0 bridgehead atoms. The summed E-state index contributed by atoms with van der Waals surface area (Å²) in [4.78, 5) is 17.4. The number of nitrogens with one attached hydrogen (secondary N) is 1. The van der Waals surface area contributed by atoms with Crippen molar-refractivity contribution in [2.24, 2.45) is 0 Å². The van der Waals surface area contributed by atoms with Crippen LogP contribution in [0.2, 0.25) is 0 Å². The number of ether oxygens (including phenoxy) is 2. The number of hydrogen-bond donors (Lipinski definition) is 1. The number of hydrogen-bond acceptors (Lipinski definition) is 5. The van der Waals surface area contributed by atoms with Crippen molar-refractivity contribution in [2.75, 3.05) is 20.8 Å². The number of thiazole rings is 1. The summed E-state index contributed by atoms with van der Waals surface area (Å²) in [5, 5.41) is 2.87. The van der Waals surface area contributed by atoms with E-state index in [1.54, 1.807) is 41.2 Å². The lowest BCUT2D eigenvalue weighted by atomic mass is 10.1. The van der Waals surface area contributed by atoms with Gasteiger partial charge in [-0.3, -0.25) is 9.78 Å². The summed E-state index contributed by atoms with van der Waals surface area (Å²) in [6.07, 6.45) is 2.56. The van der Waals surface area contributed by atoms with Crippen LogP contribution < -0.4 is 14.8 Å². The Labute approximate surface area is 121 Å². The molecular weight excluding hydrogens is 276 g/mol. The molecule has 1 heterocycles. The summed E-state index contributed by atoms with van der Waals surface area (Å²) in [5.41, 5.74) is 2.20. The van der Waals surface area contributed by atoms with E-state index in [0.29, 0.717) is 23.6 Å². The van der Waals surface area contributed by atoms with Crippen molar-refractivity contribution < 1.29 is 14.3 Å². The highest BCUT2D eigenvalue weighted by molar-refractivity contribution is 7.09. The minimum Gasteiger partial charge on any atom is -0.496 e. The Morgan fingerprint density at radius 1 is 1.30 bits per heavy atom. The Morgan fingerprint density at radius 3 is 2.55 bits per heavy atom. The van der Waals surface area contributed by atoms with Crippen molar-refractivity contribution in [3.63, 3.8) is 0 Å². The highest BCUT2D eigenvalue weighted by Gasteiger charge is 2.17. The Balaban J connectivity index is 2.04. The van der Waals surface area contributed by atoms with Crippen LogP contribution in [-0.4, -0.2) is 31.7 Å². The molecule has 0 aliphatic carbocycles. The zero-order valence-electron chi connectivity index (χ0n) is 11.4. The zero-order valence-corrected chi connectivity index (χ0v) is 12.2. The summed E-state index contributed by atoms with van der Waals surface area (Å²) >= 11 is 1.57. The van der Waals surface area contributed by atoms with E-state index >= 15 is 0 Å². The van der Waals surface area contributed by atoms with Crippen molar-refractivity contribution in [1.82, 2.24) is 10.3 Å². The normalized spacial score (nSPS) is 10.1. The number of rotatable bonds is 6. The van der Waals surface area contributed by atoms with Gasteiger partial charge in [0.05, 0.1) is 19.7 Å². The smallest absolute Gasteiger partial charge is 0.258 e. The Bertz CT molecular complexity index is 548. The lowest BCUT2D eigenvalue weighted by molar-refractivity contribution is 0.0948. The summed E-state index contributed by atoms with van der Waals surface area (Å²) in [7, 11) is 3.06. The third kappa shape index (κ3) is 3.27. The van der Waals surface area contributed by atoms with E-state index in [1.807, 2.05) is 0 Å². The molecule has 106 valence electrons. The van der Waals surface area contributed by atoms with Crippen LogP contribution in [0.1, 0.15) is 15.2 Å². The van der Waals surface area contributed by atoms with Gasteiger partial charge in [-0.2, -0.15) is 0 Å². The molecule has 1 amide bonds. The molecule has 0 spiro atoms. The molecule has 5 nitrogen and oxygen atoms in total. The van der Waals surface area contributed by atoms with Crippen molar-refractivity contribution in [3.05, 3.63) is 40.3 Å². The van der Waals surface area contributed by atoms with Gasteiger partial charge in [0.15, 0.2) is 0 Å². The van der Waals surface area contributed by atoms with Crippen LogP contribution in [0.5, 0.6) is 11.5 Å². The first-order chi connectivity index (χ1) is 9.76. The topological polar surface area (TPSA) is 60.5 Å². The molecule has 0 radical (unpaired) electrons. The second-order valence-corrected chi connectivity index (χ2v) is 4.98. The van der Waals surface area contributed by atoms with Crippen LogP contribution in [0.15, 0.2) is 29.9 Å². The highest BCUT2D eigenvalue weighted by Crippen LogP contribution is 2.27. The predicted octanol–water partition coefficient (Wildman–Crippen LogP) is 2.13. The monoisotopic (exact) mass is 292 g/mol. The maximum absolute atomic E-state index is 12.2. The molecule has 0 aliphatic heterocycles. The minimum absolute atomic E-state index is 0.205. The third-order valence-electron chi connectivity index (χ3n) is 2.80. The first kappa shape index (κ1) is 14.3. The number of aromatic nitrogens is 1. The van der Waals surface area contributed by atoms with Crippen LogP contribution in [0.3, 0.4) is 0 Å². The quantitative estimate of drug-likeness (QED) is 0.886. The van der Waals surface area contributed by atoms with E-state index in [0.717, 1.165) is 11.3 Å². The lowest BCUT2D eigenvalue weighted by Crippen LogP contribution is -2.26. The molecule has 20 heavy (non-hydrogen) atoms. The second-order valence-electron chi connectivity index (χ2n) is 4.01. The molecule has 2 rings (SSSR count). The van der Waals surface area contributed by atoms with E-state index in [4.69, 9.17) is 9.47 Å². The van der Waals surface area contributed by atoms with Gasteiger partial charge in [0, 0.05) is 24.0 Å². The van der Waals surface area contributed by atoms with E-state index < -0.39 is 0 Å². The molecule has 0 atom stereocenters. The number of amides is 1. The van der Waals surface area contributed by atoms with Crippen LogP contribution in [-0.2, 0) is 6.42 Å². The van der Waals surface area contributed by atoms with Gasteiger partial charge in [0.2, 0.25) is 0 Å². The molecule has 0 saturated heterocycles. The first-order valence-corrected chi connectivity index (χ1v) is 7.00. The van der Waals surface area contributed by atoms with Crippen molar-refractivity contribution >= 4 is 17.2 Å². The van der Waals surface area contributed by atoms with Gasteiger partial charge in [0.1, 0.15) is 17.1 Å². The fourth-order valence-corrected chi connectivity index (χ4v) is 2.43. The standard InChI is InChI=1S/C14H16N2O3S/c1-18-11-4-3-5-12(19-2)13(11)14(17)16-7-6-10-8-15-9-20-10/h3-5,8-9H,6-7H2,1-2H3,(H,16,17). The number of carbonyl (C=O) groups excluding carboxylic acids is 1. The van der Waals surface area contributed by atoms with E-state index in [9.17, 15) is 4.79 Å². The largest absolute Gasteiger partial charge is 0.496 e. The van der Waals surface area contributed by atoms with Crippen LogP contribution in [0, 0.1) is 0 Å². The summed E-state index contributed by atoms with van der Waals surface area (Å²) < 4.78 is 10.4. The van der Waals surface area contributed by atoms with Crippen LogP contribution >= 0.6 is 11.3 Å². The van der Waals surface area contributed by atoms with E-state index in [-0.39, 0.29) is 5.91 Å². The van der Waals surface area contributed by atoms with Crippen molar-refractivity contribution in [1.29, 1.82) is 0 Å². The maximum Gasteiger partial charge on any atom is 0.258 e. The zero-order chi connectivity index (χ0) is 14.4. The first-order valence-electron chi connectivity index (χ1n) is 6.12. The van der Waals surface area contributed by atoms with Gasteiger partial charge < -0.3 is 14.8 Å². The summed E-state index contributed by atoms with van der Waals surface area (Å²) in [5.74, 6) is 0.795. The van der Waals surface area contributed by atoms with Crippen LogP contribution in [0.4, 0.5) is 0 Å². The summed E-state index contributed by atoms with van der Waals surface area (Å²) in [6.45, 7) is 0.544. The molecule has 1 N–H and O–H groups in total. The van der Waals surface area contributed by atoms with Gasteiger partial charge in [-0.1, -0.05) is 6.07 Å². The highest BCUT2D eigenvalue weighted by atomic mass is 32.1. The predicted molar refractivity (Wildman–Crippen MR) is 77.7 cm³/mol. The molecule has 0 saturated carbocycles. The van der Waals surface area contributed by atoms with Crippen LogP contribution in [0.25, 0.3) is 0 Å². The number of benzene rings is 1. The molecule has 1 aromatic carbocycles. The van der Waals surface area contributed by atoms with Gasteiger partial charge in [-0.05, 0) is 12.1 Å². The molecule has 0 unspecified atom stereocenters. The van der Waals surface area contributed by atoms with Gasteiger partial charge in [0.25, 0.3) is 5.91 Å². The fourth-order valence-electron chi connectivity index (χ4n) is 1.83. The van der Waals surface area contributed by atoms with Crippen molar-refractivity contribution in [2.45, 2.75) is 6.42 Å². The lowest BCUT2D eigenvalue weighted by Gasteiger charge is -2.12. The third-order valence-corrected chi connectivity index (χ3v) is 3.63. The minimum atomic E-state index is -0.205. The molecule has 6 heteroatoms. The number of carbonyl (C=O) groups is 1. The maximum atomic E-state index is 12.2. The molecule has 2 aromatic rings. The second kappa shape index (κ2) is 6.91. The van der Waals surface area contributed by atoms with E-state index in [2.05, 4.69) is 10.3 Å². The SMILES string of the molecule is COc1cccc(OC)c1C(=O)NCCc1cncs1. The average Bonchev–Trinajstić information content (AvgIpc) is 2.99. The molecular formula is C14H16N2O3S. The Kier molecular flexibility index (Phi) is 4.95. The molecule has 0 fully saturated rings. The molecule has 0 aliphatic rings. The summed E-state index contributed by atoms with van der Waals surface area (Å²) in [6, 6.07) is 5.26. The van der Waals surface area contributed by atoms with Gasteiger partial charge >= 0.3 is 0 Å². The average molecular weight is 292 g/mol. The van der Waals surface area contributed by atoms with E-state index in [1.165, 1.54) is 14.2 Å². The number of nitrogens with zero attached hydrogens (tertiary/aromatic N) is 1. The Hall–Kier alpha value is -2.08. The van der Waals surface area contributed by atoms with Gasteiger partial charge in [-0.15, -0.1) is 11.3 Å².